The lowest BCUT2D eigenvalue weighted by Gasteiger charge is -1.96. The molecule has 3 aromatic rings. The molecule has 0 aliphatic rings. The summed E-state index contributed by atoms with van der Waals surface area (Å²) < 4.78 is 0. The first kappa shape index (κ1) is 7.25. The largest absolute Gasteiger partial charge is 0.346 e. The molecule has 0 atom stereocenters. The van der Waals surface area contributed by atoms with Gasteiger partial charge in [0, 0.05) is 29.4 Å². The van der Waals surface area contributed by atoms with Crippen LogP contribution in [-0.4, -0.2) is 19.9 Å². The van der Waals surface area contributed by atoms with Crippen LogP contribution in [0.4, 0.5) is 0 Å². The van der Waals surface area contributed by atoms with Gasteiger partial charge in [-0.25, -0.2) is 14.8 Å². The van der Waals surface area contributed by atoms with Gasteiger partial charge in [-0.2, -0.15) is 0 Å². The fourth-order valence-electron chi connectivity index (χ4n) is 1.53. The molecule has 0 radical (unpaired) electrons. The van der Waals surface area contributed by atoms with E-state index in [-0.39, 0.29) is 5.69 Å². The molecule has 68 valence electrons. The molecule has 0 bridgehead atoms. The van der Waals surface area contributed by atoms with E-state index in [9.17, 15) is 4.79 Å². The predicted molar refractivity (Wildman–Crippen MR) is 52.0 cm³/mol. The Labute approximate surface area is 77.8 Å². The maximum atomic E-state index is 11.1. The Morgan fingerprint density at radius 1 is 1.21 bits per heavy atom. The van der Waals surface area contributed by atoms with Gasteiger partial charge in [-0.1, -0.05) is 0 Å². The average molecular weight is 186 g/mol. The number of nitrogens with one attached hydrogen (secondary N) is 2. The Bertz CT molecular complexity index is 667. The van der Waals surface area contributed by atoms with Crippen molar-refractivity contribution < 1.29 is 0 Å². The Hall–Kier alpha value is -2.17. The molecule has 2 N–H and O–H groups in total. The molecule has 0 amide bonds. The highest BCUT2D eigenvalue weighted by atomic mass is 16.1. The van der Waals surface area contributed by atoms with E-state index in [1.54, 1.807) is 12.4 Å². The molecule has 0 saturated carbocycles. The van der Waals surface area contributed by atoms with Gasteiger partial charge in [-0.15, -0.1) is 0 Å². The highest BCUT2D eigenvalue weighted by molar-refractivity contribution is 6.01. The molecule has 5 heteroatoms. The number of fused-ring (bicyclic) bond motifs is 3. The summed E-state index contributed by atoms with van der Waals surface area (Å²) in [5, 5.41) is 1.73. The van der Waals surface area contributed by atoms with E-state index in [2.05, 4.69) is 19.9 Å². The van der Waals surface area contributed by atoms with E-state index in [1.807, 2.05) is 6.07 Å². The second kappa shape index (κ2) is 2.41. The highest BCUT2D eigenvalue weighted by Gasteiger charge is 2.02. The van der Waals surface area contributed by atoms with Gasteiger partial charge in [0.1, 0.15) is 5.65 Å². The van der Waals surface area contributed by atoms with Crippen molar-refractivity contribution in [1.82, 2.24) is 19.9 Å². The maximum absolute atomic E-state index is 11.1. The molecule has 0 spiro atoms. The van der Waals surface area contributed by atoms with Crippen LogP contribution < -0.4 is 5.69 Å². The maximum Gasteiger partial charge on any atom is 0.345 e. The molecule has 0 fully saturated rings. The molecule has 0 aliphatic carbocycles. The average Bonchev–Trinajstić information content (AvgIpc) is 2.65. The Balaban J connectivity index is 2.66. The number of aromatic nitrogens is 4. The zero-order valence-corrected chi connectivity index (χ0v) is 7.11. The van der Waals surface area contributed by atoms with Crippen molar-refractivity contribution in [3.05, 3.63) is 35.1 Å². The van der Waals surface area contributed by atoms with E-state index in [0.29, 0.717) is 0 Å². The molecule has 0 saturated heterocycles. The van der Waals surface area contributed by atoms with Crippen molar-refractivity contribution in [3.8, 4) is 0 Å². The van der Waals surface area contributed by atoms with E-state index in [1.165, 1.54) is 6.20 Å². The molecule has 3 aromatic heterocycles. The van der Waals surface area contributed by atoms with E-state index in [0.717, 1.165) is 21.9 Å². The standard InChI is InChI=1S/C9H6N4O/c14-9-12-4-5-3-11-8-6(1-2-10-8)7(5)13-9/h1-4H,(H,10,11)(H,12,13,14). The van der Waals surface area contributed by atoms with Crippen molar-refractivity contribution in [3.63, 3.8) is 0 Å². The second-order valence-corrected chi connectivity index (χ2v) is 3.02. The minimum Gasteiger partial charge on any atom is -0.346 e. The summed E-state index contributed by atoms with van der Waals surface area (Å²) in [6.07, 6.45) is 4.99. The summed E-state index contributed by atoms with van der Waals surface area (Å²) >= 11 is 0. The van der Waals surface area contributed by atoms with Gasteiger partial charge < -0.3 is 9.97 Å². The van der Waals surface area contributed by atoms with Crippen LogP contribution in [0.2, 0.25) is 0 Å². The molecule has 0 unspecified atom stereocenters. The van der Waals surface area contributed by atoms with E-state index in [4.69, 9.17) is 0 Å². The van der Waals surface area contributed by atoms with E-state index >= 15 is 0 Å². The monoisotopic (exact) mass is 186 g/mol. The summed E-state index contributed by atoms with van der Waals surface area (Å²) in [6, 6.07) is 1.88. The minimum atomic E-state index is -0.341. The molecule has 3 rings (SSSR count). The topological polar surface area (TPSA) is 74.4 Å². The Kier molecular flexibility index (Phi) is 1.25. The van der Waals surface area contributed by atoms with Gasteiger partial charge in [0.2, 0.25) is 0 Å². The predicted octanol–water partition coefficient (Wildman–Crippen LogP) is 0.799. The van der Waals surface area contributed by atoms with Crippen LogP contribution in [0.15, 0.2) is 29.5 Å². The van der Waals surface area contributed by atoms with Crippen LogP contribution in [0.25, 0.3) is 21.9 Å². The number of pyridine rings is 1. The van der Waals surface area contributed by atoms with Crippen molar-refractivity contribution in [1.29, 1.82) is 0 Å². The molecule has 3 heterocycles. The summed E-state index contributed by atoms with van der Waals surface area (Å²) in [4.78, 5) is 24.5. The SMILES string of the molecule is O=c1ncc2cnc3[nH]ccc3c2[nH]1. The van der Waals surface area contributed by atoms with Gasteiger partial charge in [0.25, 0.3) is 0 Å². The van der Waals surface area contributed by atoms with Crippen molar-refractivity contribution in [2.24, 2.45) is 0 Å². The number of hydrogen-bond donors (Lipinski definition) is 2. The zero-order chi connectivity index (χ0) is 9.54. The number of hydrogen-bond acceptors (Lipinski definition) is 3. The fourth-order valence-corrected chi connectivity index (χ4v) is 1.53. The van der Waals surface area contributed by atoms with Crippen molar-refractivity contribution in [2.45, 2.75) is 0 Å². The lowest BCUT2D eigenvalue weighted by Crippen LogP contribution is -2.08. The quantitative estimate of drug-likeness (QED) is 0.545. The Morgan fingerprint density at radius 3 is 3.00 bits per heavy atom. The Morgan fingerprint density at radius 2 is 2.07 bits per heavy atom. The third-order valence-corrected chi connectivity index (χ3v) is 2.17. The van der Waals surface area contributed by atoms with Crippen molar-refractivity contribution >= 4 is 21.9 Å². The van der Waals surface area contributed by atoms with Crippen LogP contribution >= 0.6 is 0 Å². The van der Waals surface area contributed by atoms with Gasteiger partial charge in [-0.3, -0.25) is 0 Å². The fraction of sp³-hybridized carbons (Fsp3) is 0. The first-order valence-electron chi connectivity index (χ1n) is 4.16. The molecule has 0 aromatic carbocycles. The first-order valence-corrected chi connectivity index (χ1v) is 4.16. The smallest absolute Gasteiger partial charge is 0.345 e. The summed E-state index contributed by atoms with van der Waals surface area (Å²) in [7, 11) is 0. The normalized spacial score (nSPS) is 11.1. The third-order valence-electron chi connectivity index (χ3n) is 2.17. The second-order valence-electron chi connectivity index (χ2n) is 3.02. The lowest BCUT2D eigenvalue weighted by atomic mass is 10.2. The van der Waals surface area contributed by atoms with Gasteiger partial charge >= 0.3 is 5.69 Å². The van der Waals surface area contributed by atoms with Crippen LogP contribution in [-0.2, 0) is 0 Å². The van der Waals surface area contributed by atoms with Gasteiger partial charge in [-0.05, 0) is 6.07 Å². The number of H-pyrrole nitrogens is 2. The molecular formula is C9H6N4O. The molecule has 5 nitrogen and oxygen atoms in total. The van der Waals surface area contributed by atoms with Gasteiger partial charge in [0.15, 0.2) is 0 Å². The summed E-state index contributed by atoms with van der Waals surface area (Å²) in [5.41, 5.74) is 1.20. The van der Waals surface area contributed by atoms with Crippen LogP contribution in [0.3, 0.4) is 0 Å². The molecule has 14 heavy (non-hydrogen) atoms. The minimum absolute atomic E-state index is 0.341. The van der Waals surface area contributed by atoms with Gasteiger partial charge in [0.05, 0.1) is 5.52 Å². The molecular weight excluding hydrogens is 180 g/mol. The van der Waals surface area contributed by atoms with Crippen LogP contribution in [0.5, 0.6) is 0 Å². The van der Waals surface area contributed by atoms with Crippen LogP contribution in [0.1, 0.15) is 0 Å². The zero-order valence-electron chi connectivity index (χ0n) is 7.11. The van der Waals surface area contributed by atoms with Crippen LogP contribution in [0, 0.1) is 0 Å². The lowest BCUT2D eigenvalue weighted by molar-refractivity contribution is 1.12. The highest BCUT2D eigenvalue weighted by Crippen LogP contribution is 2.18. The number of rotatable bonds is 0. The third kappa shape index (κ3) is 0.861. The first-order chi connectivity index (χ1) is 6.84. The van der Waals surface area contributed by atoms with E-state index < -0.39 is 0 Å². The number of aromatic amines is 2. The molecule has 0 aliphatic heterocycles. The summed E-state index contributed by atoms with van der Waals surface area (Å²) in [5.74, 6) is 0. The van der Waals surface area contributed by atoms with Crippen molar-refractivity contribution in [2.75, 3.05) is 0 Å². The number of nitrogens with zero attached hydrogens (tertiary/aromatic N) is 2. The summed E-state index contributed by atoms with van der Waals surface area (Å²) in [6.45, 7) is 0.